The average Bonchev–Trinajstić information content (AvgIpc) is 2.47. The van der Waals surface area contributed by atoms with Crippen molar-refractivity contribution in [2.45, 2.75) is 26.3 Å². The van der Waals surface area contributed by atoms with Crippen molar-refractivity contribution in [1.82, 2.24) is 9.97 Å². The molecular formula is C16H21BrN4O. The van der Waals surface area contributed by atoms with Crippen molar-refractivity contribution < 1.29 is 5.11 Å². The molecule has 0 bridgehead atoms. The van der Waals surface area contributed by atoms with Crippen molar-refractivity contribution in [3.63, 3.8) is 0 Å². The largest absolute Gasteiger partial charge is 0.507 e. The highest BCUT2D eigenvalue weighted by Crippen LogP contribution is 2.29. The molecule has 2 rings (SSSR count). The summed E-state index contributed by atoms with van der Waals surface area (Å²) in [6, 6.07) is 7.05. The van der Waals surface area contributed by atoms with Gasteiger partial charge in [0, 0.05) is 23.3 Å². The number of aromatic nitrogens is 2. The molecule has 0 saturated carbocycles. The van der Waals surface area contributed by atoms with Gasteiger partial charge < -0.3 is 16.2 Å². The maximum absolute atomic E-state index is 9.96. The van der Waals surface area contributed by atoms with Gasteiger partial charge >= 0.3 is 0 Å². The number of nitrogens with one attached hydrogen (secondary N) is 1. The molecule has 0 saturated heterocycles. The standard InChI is InChI=1S/C16H21BrN4O/c1-10(2)7-12(18)9-20-15-5-6-19-16(21-15)13-8-11(17)3-4-14(13)22/h3-6,8,10,12,22H,7,9,18H2,1-2H3,(H,19,20,21)/t12-/m1/s1. The summed E-state index contributed by atoms with van der Waals surface area (Å²) in [6.07, 6.45) is 2.62. The summed E-state index contributed by atoms with van der Waals surface area (Å²) in [5.74, 6) is 1.89. The number of aromatic hydroxyl groups is 1. The van der Waals surface area contributed by atoms with Crippen LogP contribution in [0.3, 0.4) is 0 Å². The first-order valence-corrected chi connectivity index (χ1v) is 8.06. The van der Waals surface area contributed by atoms with Crippen molar-refractivity contribution in [2.24, 2.45) is 11.7 Å². The number of nitrogens with two attached hydrogens (primary N) is 1. The number of phenols is 1. The minimum atomic E-state index is 0.0812. The third-order valence-corrected chi connectivity index (χ3v) is 3.67. The Hall–Kier alpha value is -1.66. The lowest BCUT2D eigenvalue weighted by molar-refractivity contribution is 0.476. The first-order valence-electron chi connectivity index (χ1n) is 7.27. The summed E-state index contributed by atoms with van der Waals surface area (Å²) in [5, 5.41) is 13.2. The quantitative estimate of drug-likeness (QED) is 0.731. The van der Waals surface area contributed by atoms with Crippen LogP contribution in [0, 0.1) is 5.92 Å². The fraction of sp³-hybridized carbons (Fsp3) is 0.375. The topological polar surface area (TPSA) is 84.1 Å². The van der Waals surface area contributed by atoms with Gasteiger partial charge in [0.1, 0.15) is 11.6 Å². The molecule has 0 amide bonds. The van der Waals surface area contributed by atoms with Gasteiger partial charge in [0.15, 0.2) is 5.82 Å². The second kappa shape index (κ2) is 7.56. The molecule has 0 spiro atoms. The molecule has 118 valence electrons. The van der Waals surface area contributed by atoms with E-state index in [4.69, 9.17) is 5.73 Å². The molecule has 0 unspecified atom stereocenters. The molecule has 6 heteroatoms. The van der Waals surface area contributed by atoms with Gasteiger partial charge in [0.05, 0.1) is 5.56 Å². The number of hydrogen-bond acceptors (Lipinski definition) is 5. The first-order chi connectivity index (χ1) is 10.5. The molecule has 0 aliphatic heterocycles. The molecule has 2 aromatic rings. The SMILES string of the molecule is CC(C)C[C@@H](N)CNc1ccnc(-c2cc(Br)ccc2O)n1. The monoisotopic (exact) mass is 364 g/mol. The van der Waals surface area contributed by atoms with Crippen LogP contribution in [-0.2, 0) is 0 Å². The Balaban J connectivity index is 2.11. The lowest BCUT2D eigenvalue weighted by Crippen LogP contribution is -2.30. The molecule has 0 aliphatic rings. The Morgan fingerprint density at radius 3 is 2.82 bits per heavy atom. The second-order valence-corrected chi connectivity index (χ2v) is 6.61. The van der Waals surface area contributed by atoms with Gasteiger partial charge in [-0.05, 0) is 36.6 Å². The van der Waals surface area contributed by atoms with Crippen LogP contribution in [0.4, 0.5) is 5.82 Å². The van der Waals surface area contributed by atoms with Crippen LogP contribution in [0.1, 0.15) is 20.3 Å². The number of anilines is 1. The summed E-state index contributed by atoms with van der Waals surface area (Å²) in [7, 11) is 0. The summed E-state index contributed by atoms with van der Waals surface area (Å²) >= 11 is 3.39. The van der Waals surface area contributed by atoms with E-state index in [1.807, 2.05) is 0 Å². The van der Waals surface area contributed by atoms with Gasteiger partial charge in [-0.15, -0.1) is 0 Å². The molecule has 0 radical (unpaired) electrons. The number of hydrogen-bond donors (Lipinski definition) is 3. The van der Waals surface area contributed by atoms with E-state index >= 15 is 0 Å². The molecule has 4 N–H and O–H groups in total. The maximum Gasteiger partial charge on any atom is 0.165 e. The van der Waals surface area contributed by atoms with Crippen LogP contribution < -0.4 is 11.1 Å². The lowest BCUT2D eigenvalue weighted by atomic mass is 10.0. The molecule has 5 nitrogen and oxygen atoms in total. The molecular weight excluding hydrogens is 344 g/mol. The Morgan fingerprint density at radius 2 is 2.09 bits per heavy atom. The van der Waals surface area contributed by atoms with Crippen LogP contribution in [-0.4, -0.2) is 27.7 Å². The molecule has 1 aromatic carbocycles. The summed E-state index contributed by atoms with van der Waals surface area (Å²) in [4.78, 5) is 8.66. The van der Waals surface area contributed by atoms with E-state index in [0.29, 0.717) is 29.7 Å². The Kier molecular flexibility index (Phi) is 5.74. The normalized spacial score (nSPS) is 12.4. The van der Waals surface area contributed by atoms with Gasteiger partial charge in [0.2, 0.25) is 0 Å². The van der Waals surface area contributed by atoms with Crippen LogP contribution in [0.5, 0.6) is 5.75 Å². The fourth-order valence-electron chi connectivity index (χ4n) is 2.20. The Labute approximate surface area is 139 Å². The van der Waals surface area contributed by atoms with Crippen LogP contribution >= 0.6 is 15.9 Å². The number of benzene rings is 1. The van der Waals surface area contributed by atoms with Crippen molar-refractivity contribution in [2.75, 3.05) is 11.9 Å². The minimum absolute atomic E-state index is 0.0812. The number of rotatable bonds is 6. The highest BCUT2D eigenvalue weighted by atomic mass is 79.9. The maximum atomic E-state index is 9.96. The zero-order valence-corrected chi connectivity index (χ0v) is 14.3. The fourth-order valence-corrected chi connectivity index (χ4v) is 2.56. The summed E-state index contributed by atoms with van der Waals surface area (Å²) < 4.78 is 0.862. The van der Waals surface area contributed by atoms with E-state index < -0.39 is 0 Å². The predicted molar refractivity (Wildman–Crippen MR) is 92.8 cm³/mol. The zero-order valence-electron chi connectivity index (χ0n) is 12.8. The highest BCUT2D eigenvalue weighted by Gasteiger charge is 2.10. The van der Waals surface area contributed by atoms with Gasteiger partial charge in [0.25, 0.3) is 0 Å². The highest BCUT2D eigenvalue weighted by molar-refractivity contribution is 9.10. The third-order valence-electron chi connectivity index (χ3n) is 3.17. The van der Waals surface area contributed by atoms with E-state index in [2.05, 4.69) is 45.1 Å². The van der Waals surface area contributed by atoms with E-state index in [1.165, 1.54) is 0 Å². The first kappa shape index (κ1) is 16.7. The smallest absolute Gasteiger partial charge is 0.165 e. The third kappa shape index (κ3) is 4.68. The Morgan fingerprint density at radius 1 is 1.32 bits per heavy atom. The summed E-state index contributed by atoms with van der Waals surface area (Å²) in [6.45, 7) is 4.95. The number of nitrogens with zero attached hydrogens (tertiary/aromatic N) is 2. The molecule has 0 aliphatic carbocycles. The molecule has 1 aromatic heterocycles. The van der Waals surface area contributed by atoms with E-state index in [9.17, 15) is 5.11 Å². The van der Waals surface area contributed by atoms with Gasteiger partial charge in [-0.25, -0.2) is 9.97 Å². The van der Waals surface area contributed by atoms with Crippen LogP contribution in [0.15, 0.2) is 34.9 Å². The number of halogens is 1. The molecule has 0 fully saturated rings. The average molecular weight is 365 g/mol. The number of phenolic OH excluding ortho intramolecular Hbond substituents is 1. The molecule has 1 atom stereocenters. The summed E-state index contributed by atoms with van der Waals surface area (Å²) in [5.41, 5.74) is 6.65. The van der Waals surface area contributed by atoms with E-state index in [-0.39, 0.29) is 11.8 Å². The van der Waals surface area contributed by atoms with E-state index in [0.717, 1.165) is 10.9 Å². The van der Waals surface area contributed by atoms with Crippen LogP contribution in [0.2, 0.25) is 0 Å². The Bertz CT molecular complexity index is 633. The zero-order chi connectivity index (χ0) is 16.1. The second-order valence-electron chi connectivity index (χ2n) is 5.70. The minimum Gasteiger partial charge on any atom is -0.507 e. The lowest BCUT2D eigenvalue weighted by Gasteiger charge is -2.15. The van der Waals surface area contributed by atoms with E-state index in [1.54, 1.807) is 30.5 Å². The van der Waals surface area contributed by atoms with Crippen molar-refractivity contribution in [3.8, 4) is 17.1 Å². The molecule has 22 heavy (non-hydrogen) atoms. The van der Waals surface area contributed by atoms with Crippen molar-refractivity contribution in [1.29, 1.82) is 0 Å². The van der Waals surface area contributed by atoms with Crippen molar-refractivity contribution in [3.05, 3.63) is 34.9 Å². The van der Waals surface area contributed by atoms with Gasteiger partial charge in [-0.3, -0.25) is 0 Å². The van der Waals surface area contributed by atoms with Crippen molar-refractivity contribution >= 4 is 21.7 Å². The van der Waals surface area contributed by atoms with Gasteiger partial charge in [-0.2, -0.15) is 0 Å². The predicted octanol–water partition coefficient (Wildman–Crippen LogP) is 3.40. The van der Waals surface area contributed by atoms with Crippen LogP contribution in [0.25, 0.3) is 11.4 Å². The van der Waals surface area contributed by atoms with Gasteiger partial charge in [-0.1, -0.05) is 29.8 Å². The molecule has 1 heterocycles.